The Bertz CT molecular complexity index is 1650. The molecule has 3 atom stereocenters. The number of ether oxygens (including phenoxy) is 1. The molecule has 3 aromatic rings. The molecule has 228 valence electrons. The van der Waals surface area contributed by atoms with Crippen molar-refractivity contribution in [3.8, 4) is 11.3 Å². The van der Waals surface area contributed by atoms with Crippen LogP contribution in [0.25, 0.3) is 11.3 Å². The van der Waals surface area contributed by atoms with Crippen LogP contribution in [0.5, 0.6) is 0 Å². The number of carbonyl (C=O) groups is 1. The lowest BCUT2D eigenvalue weighted by Gasteiger charge is -2.33. The average molecular weight is 648 g/mol. The van der Waals surface area contributed by atoms with Gasteiger partial charge in [-0.3, -0.25) is 4.79 Å². The van der Waals surface area contributed by atoms with E-state index in [-0.39, 0.29) is 47.3 Å². The summed E-state index contributed by atoms with van der Waals surface area (Å²) in [7, 11) is -3.12. The minimum absolute atomic E-state index is 0.0166. The highest BCUT2D eigenvalue weighted by atomic mass is 35.5. The molecule has 1 aromatic heterocycles. The zero-order chi connectivity index (χ0) is 29.9. The fraction of sp³-hybridized carbons (Fsp3) is 0.500. The lowest BCUT2D eigenvalue weighted by atomic mass is 10.0. The second kappa shape index (κ2) is 11.5. The molecule has 1 aliphatic heterocycles. The highest BCUT2D eigenvalue weighted by Gasteiger charge is 2.46. The molecule has 43 heavy (non-hydrogen) atoms. The van der Waals surface area contributed by atoms with Crippen molar-refractivity contribution in [2.45, 2.75) is 81.3 Å². The molecule has 7 rings (SSSR count). The molecule has 3 saturated carbocycles. The van der Waals surface area contributed by atoms with Crippen LogP contribution in [-0.4, -0.2) is 49.1 Å². The van der Waals surface area contributed by atoms with Crippen LogP contribution in [0.2, 0.25) is 10.0 Å². The van der Waals surface area contributed by atoms with Crippen LogP contribution < -0.4 is 4.90 Å². The SMILES string of the molecule is O=C(CCCS(=O)(=O)C1CC1)c1ccc(N2C[C@@H]3C[C@H]2C[C@H]3OCc2c(-c3c(Cl)cccc3Cl)noc2C2CC2)cc1F. The second-order valence-corrected chi connectivity index (χ2v) is 15.6. The Hall–Kier alpha value is -2.46. The van der Waals surface area contributed by atoms with Gasteiger partial charge in [-0.15, -0.1) is 0 Å². The Labute approximate surface area is 260 Å². The van der Waals surface area contributed by atoms with Crippen molar-refractivity contribution in [1.29, 1.82) is 0 Å². The Morgan fingerprint density at radius 3 is 2.51 bits per heavy atom. The number of anilines is 1. The van der Waals surface area contributed by atoms with Crippen LogP contribution >= 0.6 is 23.2 Å². The van der Waals surface area contributed by atoms with Crippen LogP contribution in [0.15, 0.2) is 40.9 Å². The summed E-state index contributed by atoms with van der Waals surface area (Å²) in [5.74, 6) is 0.552. The smallest absolute Gasteiger partial charge is 0.165 e. The second-order valence-electron chi connectivity index (χ2n) is 12.4. The van der Waals surface area contributed by atoms with Crippen molar-refractivity contribution in [3.63, 3.8) is 0 Å². The molecular weight excluding hydrogens is 614 g/mol. The number of hydrogen-bond donors (Lipinski definition) is 0. The molecule has 1 saturated heterocycles. The summed E-state index contributed by atoms with van der Waals surface area (Å²) in [5, 5.41) is 5.15. The van der Waals surface area contributed by atoms with Crippen molar-refractivity contribution >= 4 is 44.5 Å². The highest BCUT2D eigenvalue weighted by Crippen LogP contribution is 2.47. The van der Waals surface area contributed by atoms with Crippen molar-refractivity contribution in [2.24, 2.45) is 5.92 Å². The third kappa shape index (κ3) is 5.86. The van der Waals surface area contributed by atoms with Gasteiger partial charge in [0.1, 0.15) is 17.3 Å². The minimum atomic E-state index is -3.12. The number of benzene rings is 2. The van der Waals surface area contributed by atoms with Crippen LogP contribution in [0.3, 0.4) is 0 Å². The molecule has 3 aliphatic carbocycles. The molecule has 4 fully saturated rings. The molecule has 0 unspecified atom stereocenters. The van der Waals surface area contributed by atoms with Crippen LogP contribution in [0.1, 0.15) is 79.0 Å². The van der Waals surface area contributed by atoms with Gasteiger partial charge in [0.2, 0.25) is 0 Å². The number of carbonyl (C=O) groups excluding carboxylic acids is 1. The Morgan fingerprint density at radius 1 is 1.09 bits per heavy atom. The van der Waals surface area contributed by atoms with E-state index >= 15 is 4.39 Å². The van der Waals surface area contributed by atoms with Gasteiger partial charge >= 0.3 is 0 Å². The fourth-order valence-electron chi connectivity index (χ4n) is 6.74. The number of nitrogens with zero attached hydrogens (tertiary/aromatic N) is 2. The van der Waals surface area contributed by atoms with Gasteiger partial charge in [0.05, 0.1) is 39.3 Å². The van der Waals surface area contributed by atoms with E-state index < -0.39 is 15.7 Å². The molecule has 0 spiro atoms. The van der Waals surface area contributed by atoms with Crippen molar-refractivity contribution in [1.82, 2.24) is 5.16 Å². The molecule has 2 heterocycles. The molecule has 11 heteroatoms. The van der Waals surface area contributed by atoms with Crippen LogP contribution in [0, 0.1) is 11.7 Å². The van der Waals surface area contributed by atoms with Gasteiger partial charge in [0.15, 0.2) is 15.6 Å². The van der Waals surface area contributed by atoms with Crippen molar-refractivity contribution in [2.75, 3.05) is 17.2 Å². The van der Waals surface area contributed by atoms with E-state index in [1.807, 2.05) is 0 Å². The Kier molecular flexibility index (Phi) is 7.81. The summed E-state index contributed by atoms with van der Waals surface area (Å²) in [4.78, 5) is 14.8. The largest absolute Gasteiger partial charge is 0.373 e. The summed E-state index contributed by atoms with van der Waals surface area (Å²) < 4.78 is 51.5. The quantitative estimate of drug-likeness (QED) is 0.190. The fourth-order valence-corrected chi connectivity index (χ4v) is 9.05. The lowest BCUT2D eigenvalue weighted by Crippen LogP contribution is -2.38. The average Bonchev–Trinajstić information content (AvgIpc) is 3.90. The van der Waals surface area contributed by atoms with E-state index in [0.717, 1.165) is 49.2 Å². The first-order valence-electron chi connectivity index (χ1n) is 15.0. The summed E-state index contributed by atoms with van der Waals surface area (Å²) in [6, 6.07) is 10.4. The molecule has 2 aromatic carbocycles. The molecule has 2 bridgehead atoms. The third-order valence-electron chi connectivity index (χ3n) is 9.33. The summed E-state index contributed by atoms with van der Waals surface area (Å²) >= 11 is 13.0. The van der Waals surface area contributed by atoms with E-state index in [9.17, 15) is 13.2 Å². The van der Waals surface area contributed by atoms with Gasteiger partial charge in [0, 0.05) is 47.7 Å². The van der Waals surface area contributed by atoms with E-state index in [4.69, 9.17) is 32.5 Å². The number of Topliss-reactive ketones (excluding diaryl/α,β-unsaturated/α-hetero) is 1. The number of hydrogen-bond acceptors (Lipinski definition) is 7. The van der Waals surface area contributed by atoms with E-state index in [1.54, 1.807) is 24.3 Å². The van der Waals surface area contributed by atoms with Gasteiger partial charge in [-0.2, -0.15) is 0 Å². The summed E-state index contributed by atoms with van der Waals surface area (Å²) in [6.07, 6.45) is 5.60. The monoisotopic (exact) mass is 646 g/mol. The maximum absolute atomic E-state index is 15.1. The maximum atomic E-state index is 15.1. The zero-order valence-electron chi connectivity index (χ0n) is 23.6. The first-order chi connectivity index (χ1) is 20.7. The molecule has 4 aliphatic rings. The van der Waals surface area contributed by atoms with Gasteiger partial charge in [0.25, 0.3) is 0 Å². The summed E-state index contributed by atoms with van der Waals surface area (Å²) in [6.45, 7) is 1.09. The van der Waals surface area contributed by atoms with Crippen molar-refractivity contribution in [3.05, 3.63) is 69.1 Å². The minimum Gasteiger partial charge on any atom is -0.373 e. The standard InChI is InChI=1S/C32H33Cl2FN2O5S/c33-25-3-1-4-26(34)30(25)31-24(32(42-36-31)18-6-7-18)17-41-29-15-21-13-19(29)16-37(21)20-8-11-23(27(35)14-20)28(38)5-2-12-43(39,40)22-9-10-22/h1,3-4,8,11,14,18-19,21-22,29H,2,5-7,9-10,12-13,15-17H2/t19-,21-,29+/m0/s1. The number of sulfone groups is 1. The highest BCUT2D eigenvalue weighted by molar-refractivity contribution is 7.92. The first-order valence-corrected chi connectivity index (χ1v) is 17.5. The molecule has 0 radical (unpaired) electrons. The van der Waals surface area contributed by atoms with Gasteiger partial charge in [-0.25, -0.2) is 12.8 Å². The Balaban J connectivity index is 0.981. The maximum Gasteiger partial charge on any atom is 0.165 e. The number of piperidine rings is 1. The van der Waals surface area contributed by atoms with Crippen LogP contribution in [0.4, 0.5) is 10.1 Å². The lowest BCUT2D eigenvalue weighted by molar-refractivity contribution is 0.0122. The van der Waals surface area contributed by atoms with Gasteiger partial charge < -0.3 is 14.2 Å². The molecule has 0 amide bonds. The number of halogens is 3. The van der Waals surface area contributed by atoms with E-state index in [2.05, 4.69) is 10.1 Å². The normalized spacial score (nSPS) is 23.3. The number of fused-ring (bicyclic) bond motifs is 2. The predicted octanol–water partition coefficient (Wildman–Crippen LogP) is 7.39. The summed E-state index contributed by atoms with van der Waals surface area (Å²) in [5.41, 5.74) is 2.97. The Morgan fingerprint density at radius 2 is 1.86 bits per heavy atom. The molecular formula is C32H33Cl2FN2O5S. The van der Waals surface area contributed by atoms with E-state index in [1.165, 1.54) is 12.1 Å². The van der Waals surface area contributed by atoms with Gasteiger partial charge in [-0.1, -0.05) is 34.4 Å². The molecule has 7 nitrogen and oxygen atoms in total. The topological polar surface area (TPSA) is 89.7 Å². The number of ketones is 1. The third-order valence-corrected chi connectivity index (χ3v) is 12.3. The van der Waals surface area contributed by atoms with Crippen molar-refractivity contribution < 1.29 is 26.9 Å². The number of rotatable bonds is 12. The zero-order valence-corrected chi connectivity index (χ0v) is 25.9. The van der Waals surface area contributed by atoms with Crippen LogP contribution in [-0.2, 0) is 21.2 Å². The molecule has 0 N–H and O–H groups in total. The number of aromatic nitrogens is 1. The van der Waals surface area contributed by atoms with E-state index in [0.29, 0.717) is 52.6 Å². The van der Waals surface area contributed by atoms with Gasteiger partial charge in [-0.05, 0) is 75.3 Å². The predicted molar refractivity (Wildman–Crippen MR) is 163 cm³/mol. The first kappa shape index (κ1) is 29.3.